The third kappa shape index (κ3) is 2.44. The van der Waals surface area contributed by atoms with Crippen molar-refractivity contribution in [3.05, 3.63) is 78.5 Å². The maximum atomic E-state index is 6.09. The van der Waals surface area contributed by atoms with Crippen molar-refractivity contribution in [3.8, 4) is 0 Å². The van der Waals surface area contributed by atoms with Crippen molar-refractivity contribution in [3.63, 3.8) is 0 Å². The molecule has 2 heteroatoms. The fourth-order valence-electron chi connectivity index (χ4n) is 2.69. The van der Waals surface area contributed by atoms with Gasteiger partial charge in [0.05, 0.1) is 0 Å². The first-order valence-electron chi connectivity index (χ1n) is 7.33. The van der Waals surface area contributed by atoms with E-state index in [4.69, 9.17) is 4.42 Å². The van der Waals surface area contributed by atoms with Gasteiger partial charge in [0.1, 0.15) is 11.2 Å². The average molecular weight is 289 g/mol. The quantitative estimate of drug-likeness (QED) is 0.668. The number of fused-ring (bicyclic) bond motifs is 3. The van der Waals surface area contributed by atoms with E-state index in [1.807, 2.05) is 49.7 Å². The van der Waals surface area contributed by atoms with Crippen LogP contribution in [0.25, 0.3) is 27.5 Å². The molecule has 0 bridgehead atoms. The normalized spacial score (nSPS) is 11.9. The second-order valence-corrected chi connectivity index (χ2v) is 5.26. The first-order chi connectivity index (χ1) is 10.7. The van der Waals surface area contributed by atoms with E-state index in [2.05, 4.69) is 37.0 Å². The van der Waals surface area contributed by atoms with Crippen LogP contribution in [0.15, 0.2) is 71.8 Å². The molecule has 0 saturated heterocycles. The maximum Gasteiger partial charge on any atom is 0.143 e. The zero-order chi connectivity index (χ0) is 15.5. The molecule has 2 aromatic carbocycles. The number of hydrogen-bond acceptors (Lipinski definition) is 2. The van der Waals surface area contributed by atoms with Gasteiger partial charge in [-0.05, 0) is 36.4 Å². The Hall–Kier alpha value is -2.74. The van der Waals surface area contributed by atoms with E-state index in [0.717, 1.165) is 33.1 Å². The molecule has 0 spiro atoms. The van der Waals surface area contributed by atoms with Crippen molar-refractivity contribution in [2.45, 2.75) is 6.92 Å². The maximum absolute atomic E-state index is 6.09. The van der Waals surface area contributed by atoms with Gasteiger partial charge in [0.25, 0.3) is 0 Å². The third-order valence-electron chi connectivity index (χ3n) is 3.75. The van der Waals surface area contributed by atoms with Crippen molar-refractivity contribution in [1.29, 1.82) is 0 Å². The minimum absolute atomic E-state index is 0.911. The topological polar surface area (TPSA) is 25.2 Å². The predicted molar refractivity (Wildman–Crippen MR) is 94.8 cm³/mol. The molecule has 110 valence electrons. The summed E-state index contributed by atoms with van der Waals surface area (Å²) in [5.74, 6) is 0. The molecule has 0 amide bonds. The van der Waals surface area contributed by atoms with Crippen LogP contribution in [-0.4, -0.2) is 7.05 Å². The van der Waals surface area contributed by atoms with Gasteiger partial charge in [-0.2, -0.15) is 0 Å². The standard InChI is InChI=1S/C20H19NO/c1-14(8-6-7-13-21-3)19-15(2)11-12-17-16-9-4-5-10-18(16)22-20(17)19/h4-13,21H,1H2,2-3H3/b8-6-,13-7-. The van der Waals surface area contributed by atoms with E-state index >= 15 is 0 Å². The number of hydrogen-bond donors (Lipinski definition) is 1. The Labute approximate surface area is 130 Å². The number of nitrogens with one attached hydrogen (secondary N) is 1. The van der Waals surface area contributed by atoms with Gasteiger partial charge in [-0.25, -0.2) is 0 Å². The van der Waals surface area contributed by atoms with Crippen LogP contribution in [0.3, 0.4) is 0 Å². The van der Waals surface area contributed by atoms with Crippen LogP contribution in [-0.2, 0) is 0 Å². The first-order valence-corrected chi connectivity index (χ1v) is 7.33. The molecule has 0 radical (unpaired) electrons. The monoisotopic (exact) mass is 289 g/mol. The Morgan fingerprint density at radius 1 is 1.09 bits per heavy atom. The van der Waals surface area contributed by atoms with Gasteiger partial charge in [0.15, 0.2) is 0 Å². The van der Waals surface area contributed by atoms with Gasteiger partial charge in [-0.3, -0.25) is 0 Å². The van der Waals surface area contributed by atoms with E-state index < -0.39 is 0 Å². The summed E-state index contributed by atoms with van der Waals surface area (Å²) < 4.78 is 6.09. The fourth-order valence-corrected chi connectivity index (χ4v) is 2.69. The molecular formula is C20H19NO. The SMILES string of the molecule is C=C(/C=C\C=C/NC)c1c(C)ccc2c1oc1ccccc12. The van der Waals surface area contributed by atoms with Crippen molar-refractivity contribution < 1.29 is 4.42 Å². The number of benzene rings is 2. The van der Waals surface area contributed by atoms with Crippen LogP contribution in [0.2, 0.25) is 0 Å². The highest BCUT2D eigenvalue weighted by Crippen LogP contribution is 2.35. The van der Waals surface area contributed by atoms with Crippen LogP contribution >= 0.6 is 0 Å². The molecule has 1 aromatic heterocycles. The lowest BCUT2D eigenvalue weighted by molar-refractivity contribution is 0.667. The lowest BCUT2D eigenvalue weighted by Gasteiger charge is -2.06. The Morgan fingerprint density at radius 2 is 1.91 bits per heavy atom. The van der Waals surface area contributed by atoms with Crippen LogP contribution in [0.4, 0.5) is 0 Å². The van der Waals surface area contributed by atoms with Crippen LogP contribution in [0.1, 0.15) is 11.1 Å². The molecule has 0 aliphatic heterocycles. The van der Waals surface area contributed by atoms with Gasteiger partial charge >= 0.3 is 0 Å². The summed E-state index contributed by atoms with van der Waals surface area (Å²) in [5.41, 5.74) is 5.01. The largest absolute Gasteiger partial charge is 0.455 e. The minimum Gasteiger partial charge on any atom is -0.455 e. The Kier molecular flexibility index (Phi) is 3.84. The molecule has 1 N–H and O–H groups in total. The Bertz CT molecular complexity index is 897. The molecular weight excluding hydrogens is 270 g/mol. The third-order valence-corrected chi connectivity index (χ3v) is 3.75. The van der Waals surface area contributed by atoms with E-state index in [-0.39, 0.29) is 0 Å². The zero-order valence-corrected chi connectivity index (χ0v) is 12.9. The van der Waals surface area contributed by atoms with E-state index in [1.54, 1.807) is 0 Å². The summed E-state index contributed by atoms with van der Waals surface area (Å²) in [6.07, 6.45) is 7.79. The molecule has 3 aromatic rings. The fraction of sp³-hybridized carbons (Fsp3) is 0.100. The number of para-hydroxylation sites is 1. The highest BCUT2D eigenvalue weighted by Gasteiger charge is 2.13. The van der Waals surface area contributed by atoms with Gasteiger partial charge in [0, 0.05) is 23.4 Å². The number of allylic oxidation sites excluding steroid dienone is 4. The van der Waals surface area contributed by atoms with Gasteiger partial charge in [-0.15, -0.1) is 0 Å². The zero-order valence-electron chi connectivity index (χ0n) is 12.9. The summed E-state index contributed by atoms with van der Waals surface area (Å²) in [6, 6.07) is 12.4. The lowest BCUT2D eigenvalue weighted by atomic mass is 9.98. The highest BCUT2D eigenvalue weighted by atomic mass is 16.3. The van der Waals surface area contributed by atoms with E-state index in [0.29, 0.717) is 0 Å². The molecule has 0 fully saturated rings. The molecule has 0 saturated carbocycles. The number of aryl methyl sites for hydroxylation is 1. The van der Waals surface area contributed by atoms with Crippen molar-refractivity contribution in [2.75, 3.05) is 7.05 Å². The molecule has 0 unspecified atom stereocenters. The van der Waals surface area contributed by atoms with Crippen molar-refractivity contribution in [2.24, 2.45) is 0 Å². The molecule has 2 nitrogen and oxygen atoms in total. The van der Waals surface area contributed by atoms with Gasteiger partial charge in [0.2, 0.25) is 0 Å². The number of furan rings is 1. The van der Waals surface area contributed by atoms with E-state index in [9.17, 15) is 0 Å². The van der Waals surface area contributed by atoms with Gasteiger partial charge in [-0.1, -0.05) is 49.1 Å². The molecule has 3 rings (SSSR count). The van der Waals surface area contributed by atoms with Crippen LogP contribution < -0.4 is 5.32 Å². The van der Waals surface area contributed by atoms with Crippen molar-refractivity contribution in [1.82, 2.24) is 5.32 Å². The molecule has 1 heterocycles. The summed E-state index contributed by atoms with van der Waals surface area (Å²) in [5, 5.41) is 5.24. The molecule has 22 heavy (non-hydrogen) atoms. The second-order valence-electron chi connectivity index (χ2n) is 5.26. The Balaban J connectivity index is 2.16. The highest BCUT2D eigenvalue weighted by molar-refractivity contribution is 6.09. The van der Waals surface area contributed by atoms with Crippen molar-refractivity contribution >= 4 is 27.5 Å². The minimum atomic E-state index is 0.911. The van der Waals surface area contributed by atoms with Gasteiger partial charge < -0.3 is 9.73 Å². The summed E-state index contributed by atoms with van der Waals surface area (Å²) in [7, 11) is 1.87. The first kappa shape index (κ1) is 14.2. The van der Waals surface area contributed by atoms with Crippen LogP contribution in [0, 0.1) is 6.92 Å². The molecule has 0 aliphatic rings. The summed E-state index contributed by atoms with van der Waals surface area (Å²) in [4.78, 5) is 0. The predicted octanol–water partition coefficient (Wildman–Crippen LogP) is 5.20. The van der Waals surface area contributed by atoms with E-state index in [1.165, 1.54) is 5.56 Å². The number of rotatable bonds is 4. The van der Waals surface area contributed by atoms with Crippen LogP contribution in [0.5, 0.6) is 0 Å². The Morgan fingerprint density at radius 3 is 2.73 bits per heavy atom. The molecule has 0 atom stereocenters. The average Bonchev–Trinajstić information content (AvgIpc) is 2.89. The summed E-state index contributed by atoms with van der Waals surface area (Å²) >= 11 is 0. The lowest BCUT2D eigenvalue weighted by Crippen LogP contribution is -1.90. The smallest absolute Gasteiger partial charge is 0.143 e. The molecule has 0 aliphatic carbocycles. The summed E-state index contributed by atoms with van der Waals surface area (Å²) in [6.45, 7) is 6.29. The second kappa shape index (κ2) is 5.94.